The number of ketones is 1. The zero-order valence-corrected chi connectivity index (χ0v) is 20.9. The Kier molecular flexibility index (Phi) is 16.2. The predicted octanol–water partition coefficient (Wildman–Crippen LogP) is 4.54. The minimum absolute atomic E-state index is 0.000683. The number of cyclic esters (lactones) is 1. The number of Topliss-reactive ketones (excluding diaryl/α,β-unsaturated/α-hetero) is 1. The summed E-state index contributed by atoms with van der Waals surface area (Å²) >= 11 is 0. The lowest BCUT2D eigenvalue weighted by molar-refractivity contribution is -0.150. The van der Waals surface area contributed by atoms with E-state index in [1.807, 2.05) is 19.1 Å². The Labute approximate surface area is 213 Å². The lowest BCUT2D eigenvalue weighted by atomic mass is 10.1. The molecule has 1 aliphatic heterocycles. The molecule has 3 atom stereocenters. The minimum atomic E-state index is -1.08. The van der Waals surface area contributed by atoms with Gasteiger partial charge in [0.1, 0.15) is 11.9 Å². The third-order valence-corrected chi connectivity index (χ3v) is 5.17. The first-order chi connectivity index (χ1) is 17.3. The van der Waals surface area contributed by atoms with Gasteiger partial charge in [-0.15, -0.1) is 0 Å². The molecule has 0 spiro atoms. The Morgan fingerprint density at radius 2 is 1.72 bits per heavy atom. The summed E-state index contributed by atoms with van der Waals surface area (Å²) in [5.74, 6) is -2.16. The van der Waals surface area contributed by atoms with Crippen LogP contribution in [0.4, 0.5) is 0 Å². The summed E-state index contributed by atoms with van der Waals surface area (Å²) in [5, 5.41) is 18.8. The number of rotatable bonds is 4. The van der Waals surface area contributed by atoms with Crippen LogP contribution >= 0.6 is 0 Å². The van der Waals surface area contributed by atoms with Gasteiger partial charge in [0.05, 0.1) is 25.0 Å². The number of hydrogen-bond donors (Lipinski definition) is 2. The average molecular weight is 503 g/mol. The number of aliphatic carboxylic acids is 1. The molecule has 0 saturated carbocycles. The van der Waals surface area contributed by atoms with Crippen molar-refractivity contribution in [3.8, 4) is 0 Å². The lowest BCUT2D eigenvalue weighted by Gasteiger charge is -2.12. The first-order valence-electron chi connectivity index (χ1n) is 12.4. The highest BCUT2D eigenvalue weighted by Gasteiger charge is 2.12. The first-order valence-corrected chi connectivity index (χ1v) is 12.4. The quantitative estimate of drug-likeness (QED) is 0.424. The Balaban J connectivity index is 2.83. The van der Waals surface area contributed by atoms with Gasteiger partial charge in [0.15, 0.2) is 0 Å². The van der Waals surface area contributed by atoms with E-state index in [1.54, 1.807) is 42.5 Å². The van der Waals surface area contributed by atoms with Crippen LogP contribution in [0.2, 0.25) is 0 Å². The molecule has 0 aromatic rings. The van der Waals surface area contributed by atoms with Gasteiger partial charge in [-0.25, -0.2) is 4.79 Å². The molecular formula is C28H38O8. The second-order valence-corrected chi connectivity index (χ2v) is 8.58. The lowest BCUT2D eigenvalue weighted by Crippen LogP contribution is -2.16. The van der Waals surface area contributed by atoms with Crippen LogP contribution in [-0.4, -0.2) is 52.2 Å². The molecule has 198 valence electrons. The fraction of sp³-hybridized carbons (Fsp3) is 0.500. The number of aliphatic hydroxyl groups is 1. The van der Waals surface area contributed by atoms with Crippen LogP contribution < -0.4 is 0 Å². The van der Waals surface area contributed by atoms with Crippen LogP contribution in [-0.2, 0) is 28.7 Å². The van der Waals surface area contributed by atoms with E-state index < -0.39 is 30.1 Å². The molecular weight excluding hydrogens is 464 g/mol. The molecule has 0 aromatic carbocycles. The standard InChI is InChI=1S/C28H38O8/c1-22-13-7-3-2-4-8-14-23(29)21-24(30)15-9-5-10-16-25(36-28(34)20-19-26(31)32)17-11-6-12-18-27(33)35-22/h2,4-6,9-12,16,18,22,24-25,30H,3,7-8,13-15,17,19-21H2,1H3,(H,31,32)/b4-2+,9-5?,11-6+,16-10?,18-12?/t22-,24+,25-/m1/s1. The molecule has 1 heterocycles. The van der Waals surface area contributed by atoms with Gasteiger partial charge < -0.3 is 19.7 Å². The van der Waals surface area contributed by atoms with Crippen LogP contribution in [0.15, 0.2) is 60.8 Å². The smallest absolute Gasteiger partial charge is 0.331 e. The Bertz CT molecular complexity index is 850. The van der Waals surface area contributed by atoms with E-state index in [2.05, 4.69) is 0 Å². The van der Waals surface area contributed by atoms with E-state index in [0.29, 0.717) is 25.7 Å². The highest BCUT2D eigenvalue weighted by molar-refractivity contribution is 5.82. The number of carbonyl (C=O) groups excluding carboxylic acids is 3. The largest absolute Gasteiger partial charge is 0.481 e. The average Bonchev–Trinajstić information content (AvgIpc) is 2.80. The number of hydrogen-bond acceptors (Lipinski definition) is 7. The summed E-state index contributed by atoms with van der Waals surface area (Å²) < 4.78 is 10.7. The third kappa shape index (κ3) is 17.2. The van der Waals surface area contributed by atoms with Crippen molar-refractivity contribution >= 4 is 23.7 Å². The van der Waals surface area contributed by atoms with Crippen molar-refractivity contribution in [3.63, 3.8) is 0 Å². The highest BCUT2D eigenvalue weighted by Crippen LogP contribution is 2.10. The number of allylic oxidation sites excluding steroid dienone is 6. The minimum Gasteiger partial charge on any atom is -0.481 e. The summed E-state index contributed by atoms with van der Waals surface area (Å²) in [4.78, 5) is 46.6. The van der Waals surface area contributed by atoms with Crippen molar-refractivity contribution in [1.82, 2.24) is 0 Å². The van der Waals surface area contributed by atoms with Crippen LogP contribution in [0.5, 0.6) is 0 Å². The Hall–Kier alpha value is -3.26. The zero-order chi connectivity index (χ0) is 26.6. The SMILES string of the molecule is C[C@@H]1CCC/C=C/CCC(=O)C[C@@H](O)CC=CC=C[C@@H](OC(=O)CCC(=O)O)C/C=C/C=CC(=O)O1. The maximum atomic E-state index is 12.0. The van der Waals surface area contributed by atoms with Crippen molar-refractivity contribution < 1.29 is 38.9 Å². The summed E-state index contributed by atoms with van der Waals surface area (Å²) in [6.45, 7) is 1.84. The van der Waals surface area contributed by atoms with Crippen LogP contribution in [0.25, 0.3) is 0 Å². The Morgan fingerprint density at radius 3 is 2.50 bits per heavy atom. The number of carboxylic acid groups (broad SMARTS) is 1. The number of esters is 2. The van der Waals surface area contributed by atoms with Crippen molar-refractivity contribution in [2.75, 3.05) is 0 Å². The van der Waals surface area contributed by atoms with Crippen molar-refractivity contribution in [1.29, 1.82) is 0 Å². The molecule has 1 rings (SSSR count). The zero-order valence-electron chi connectivity index (χ0n) is 20.9. The van der Waals surface area contributed by atoms with E-state index in [-0.39, 0.29) is 31.1 Å². The molecule has 0 radical (unpaired) electrons. The van der Waals surface area contributed by atoms with Gasteiger partial charge in [-0.3, -0.25) is 14.4 Å². The highest BCUT2D eigenvalue weighted by atomic mass is 16.5. The summed E-state index contributed by atoms with van der Waals surface area (Å²) in [7, 11) is 0. The van der Waals surface area contributed by atoms with Gasteiger partial charge in [0.25, 0.3) is 0 Å². The monoisotopic (exact) mass is 502 g/mol. The molecule has 0 amide bonds. The summed E-state index contributed by atoms with van der Waals surface area (Å²) in [6, 6.07) is 0. The molecule has 0 aliphatic carbocycles. The van der Waals surface area contributed by atoms with Crippen LogP contribution in [0.1, 0.15) is 71.1 Å². The molecule has 2 N–H and O–H groups in total. The fourth-order valence-corrected chi connectivity index (χ4v) is 3.28. The second-order valence-electron chi connectivity index (χ2n) is 8.58. The Morgan fingerprint density at radius 1 is 1.00 bits per heavy atom. The van der Waals surface area contributed by atoms with Crippen molar-refractivity contribution in [2.45, 2.75) is 89.4 Å². The molecule has 0 unspecified atom stereocenters. The number of ether oxygens (including phenoxy) is 2. The van der Waals surface area contributed by atoms with Gasteiger partial charge in [-0.1, -0.05) is 48.6 Å². The molecule has 0 saturated heterocycles. The van der Waals surface area contributed by atoms with Crippen LogP contribution in [0.3, 0.4) is 0 Å². The maximum Gasteiger partial charge on any atom is 0.331 e. The number of carbonyl (C=O) groups is 4. The third-order valence-electron chi connectivity index (χ3n) is 5.17. The number of carboxylic acids is 1. The van der Waals surface area contributed by atoms with Gasteiger partial charge in [-0.2, -0.15) is 0 Å². The predicted molar refractivity (Wildman–Crippen MR) is 136 cm³/mol. The molecule has 0 fully saturated rings. The second kappa shape index (κ2) is 19.0. The molecule has 8 heteroatoms. The molecule has 8 nitrogen and oxygen atoms in total. The van der Waals surface area contributed by atoms with Crippen molar-refractivity contribution in [3.05, 3.63) is 60.8 Å². The van der Waals surface area contributed by atoms with Crippen molar-refractivity contribution in [2.24, 2.45) is 0 Å². The van der Waals surface area contributed by atoms with E-state index in [1.165, 1.54) is 6.08 Å². The van der Waals surface area contributed by atoms with Gasteiger partial charge >= 0.3 is 17.9 Å². The molecule has 1 aliphatic rings. The fourth-order valence-electron chi connectivity index (χ4n) is 3.28. The number of aliphatic hydroxyl groups excluding tert-OH is 1. The van der Waals surface area contributed by atoms with E-state index >= 15 is 0 Å². The molecule has 0 bridgehead atoms. The maximum absolute atomic E-state index is 12.0. The van der Waals surface area contributed by atoms with Crippen LogP contribution in [0, 0.1) is 0 Å². The topological polar surface area (TPSA) is 127 Å². The molecule has 36 heavy (non-hydrogen) atoms. The van der Waals surface area contributed by atoms with Gasteiger partial charge in [0, 0.05) is 25.3 Å². The van der Waals surface area contributed by atoms with E-state index in [0.717, 1.165) is 19.3 Å². The van der Waals surface area contributed by atoms with E-state index in [4.69, 9.17) is 14.6 Å². The summed E-state index contributed by atoms with van der Waals surface area (Å²) in [5.41, 5.74) is 0. The summed E-state index contributed by atoms with van der Waals surface area (Å²) in [6.07, 6.45) is 18.9. The normalized spacial score (nSPS) is 25.3. The van der Waals surface area contributed by atoms with Gasteiger partial charge in [0.2, 0.25) is 0 Å². The van der Waals surface area contributed by atoms with E-state index in [9.17, 15) is 24.3 Å². The first kappa shape index (κ1) is 30.8. The van der Waals surface area contributed by atoms with Gasteiger partial charge in [-0.05, 0) is 45.1 Å². The molecule has 0 aromatic heterocycles.